The van der Waals surface area contributed by atoms with Crippen molar-refractivity contribution < 1.29 is 9.72 Å². The van der Waals surface area contributed by atoms with E-state index in [0.717, 1.165) is 6.54 Å². The van der Waals surface area contributed by atoms with Gasteiger partial charge in [0, 0.05) is 31.1 Å². The molecule has 0 aromatic heterocycles. The number of hydrogen-bond donors (Lipinski definition) is 0. The molecule has 19 heavy (non-hydrogen) atoms. The first kappa shape index (κ1) is 13.7. The Hall–Kier alpha value is -1.72. The van der Waals surface area contributed by atoms with Crippen LogP contribution in [0.2, 0.25) is 5.02 Å². The van der Waals surface area contributed by atoms with E-state index in [0.29, 0.717) is 24.1 Å². The maximum Gasteiger partial charge on any atom is 0.288 e. The van der Waals surface area contributed by atoms with Crippen molar-refractivity contribution in [1.82, 2.24) is 4.90 Å². The molecule has 0 N–H and O–H groups in total. The van der Waals surface area contributed by atoms with Crippen LogP contribution in [0.15, 0.2) is 23.8 Å². The molecule has 0 saturated carbocycles. The van der Waals surface area contributed by atoms with Gasteiger partial charge < -0.3 is 4.90 Å². The van der Waals surface area contributed by atoms with Crippen molar-refractivity contribution in [3.63, 3.8) is 0 Å². The van der Waals surface area contributed by atoms with Crippen LogP contribution in [0, 0.1) is 10.1 Å². The molecule has 0 amide bonds. The first-order chi connectivity index (χ1) is 8.97. The van der Waals surface area contributed by atoms with Crippen LogP contribution in [0.4, 0.5) is 5.69 Å². The standard InChI is InChI=1S/C13H13ClN2O3/c1-15-5-4-13(17)10(8-15)6-9-2-3-11(14)12(7-9)16(18)19/h2-3,6-7H,4-5,8H2,1H3/b10-6+. The SMILES string of the molecule is CN1CCC(=O)/C(=C/c2ccc(Cl)c([N+](=O)[O-])c2)C1. The van der Waals surface area contributed by atoms with Gasteiger partial charge in [0.2, 0.25) is 0 Å². The van der Waals surface area contributed by atoms with Crippen LogP contribution in [-0.2, 0) is 4.79 Å². The van der Waals surface area contributed by atoms with Crippen LogP contribution in [-0.4, -0.2) is 35.7 Å². The average molecular weight is 281 g/mol. The number of piperidine rings is 1. The maximum atomic E-state index is 11.8. The van der Waals surface area contributed by atoms with Crippen LogP contribution in [0.25, 0.3) is 6.08 Å². The minimum atomic E-state index is -0.529. The molecule has 0 aliphatic carbocycles. The van der Waals surface area contributed by atoms with Gasteiger partial charge in [-0.15, -0.1) is 0 Å². The summed E-state index contributed by atoms with van der Waals surface area (Å²) in [5.41, 5.74) is 1.15. The van der Waals surface area contributed by atoms with Crippen molar-refractivity contribution in [2.75, 3.05) is 20.1 Å². The second-order valence-corrected chi connectivity index (χ2v) is 4.96. The number of nitro benzene ring substituents is 1. The van der Waals surface area contributed by atoms with E-state index in [1.807, 2.05) is 11.9 Å². The molecule has 1 saturated heterocycles. The zero-order valence-corrected chi connectivity index (χ0v) is 11.2. The molecule has 2 rings (SSSR count). The molecular weight excluding hydrogens is 268 g/mol. The highest BCUT2D eigenvalue weighted by Gasteiger charge is 2.19. The molecule has 5 nitrogen and oxygen atoms in total. The third-order valence-electron chi connectivity index (χ3n) is 3.03. The van der Waals surface area contributed by atoms with Gasteiger partial charge in [-0.25, -0.2) is 0 Å². The van der Waals surface area contributed by atoms with E-state index in [2.05, 4.69) is 0 Å². The van der Waals surface area contributed by atoms with Gasteiger partial charge in [0.1, 0.15) is 5.02 Å². The highest BCUT2D eigenvalue weighted by molar-refractivity contribution is 6.32. The van der Waals surface area contributed by atoms with Crippen LogP contribution >= 0.6 is 11.6 Å². The van der Waals surface area contributed by atoms with Crippen molar-refractivity contribution in [3.8, 4) is 0 Å². The highest BCUT2D eigenvalue weighted by atomic mass is 35.5. The molecule has 1 aromatic rings. The third-order valence-corrected chi connectivity index (χ3v) is 3.35. The quantitative estimate of drug-likeness (QED) is 0.474. The molecule has 0 atom stereocenters. The van der Waals surface area contributed by atoms with Crippen LogP contribution in [0.3, 0.4) is 0 Å². The first-order valence-electron chi connectivity index (χ1n) is 5.83. The van der Waals surface area contributed by atoms with Gasteiger partial charge in [-0.1, -0.05) is 17.7 Å². The average Bonchev–Trinajstić information content (AvgIpc) is 2.36. The van der Waals surface area contributed by atoms with E-state index in [1.54, 1.807) is 12.1 Å². The number of carbonyl (C=O) groups is 1. The Labute approximate surface area is 115 Å². The summed E-state index contributed by atoms with van der Waals surface area (Å²) in [5, 5.41) is 10.9. The van der Waals surface area contributed by atoms with Crippen molar-refractivity contribution in [2.45, 2.75) is 6.42 Å². The fourth-order valence-electron chi connectivity index (χ4n) is 2.00. The molecule has 1 aromatic carbocycles. The summed E-state index contributed by atoms with van der Waals surface area (Å²) >= 11 is 5.75. The molecule has 0 radical (unpaired) electrons. The molecule has 100 valence electrons. The summed E-state index contributed by atoms with van der Waals surface area (Å²) in [6.07, 6.45) is 2.18. The van der Waals surface area contributed by atoms with E-state index >= 15 is 0 Å². The number of hydrogen-bond acceptors (Lipinski definition) is 4. The minimum absolute atomic E-state index is 0.0932. The molecule has 1 aliphatic heterocycles. The predicted molar refractivity (Wildman–Crippen MR) is 73.2 cm³/mol. The Morgan fingerprint density at radius 2 is 2.21 bits per heavy atom. The fraction of sp³-hybridized carbons (Fsp3) is 0.308. The van der Waals surface area contributed by atoms with Gasteiger partial charge in [-0.2, -0.15) is 0 Å². The van der Waals surface area contributed by atoms with E-state index in [4.69, 9.17) is 11.6 Å². The Bertz CT molecular complexity index is 569. The number of rotatable bonds is 2. The smallest absolute Gasteiger partial charge is 0.288 e. The summed E-state index contributed by atoms with van der Waals surface area (Å²) in [5.74, 6) is 0.0932. The molecule has 0 spiro atoms. The van der Waals surface area contributed by atoms with Crippen LogP contribution < -0.4 is 0 Å². The number of benzene rings is 1. The Kier molecular flexibility index (Phi) is 3.97. The second-order valence-electron chi connectivity index (χ2n) is 4.55. The lowest BCUT2D eigenvalue weighted by atomic mass is 10.0. The summed E-state index contributed by atoms with van der Waals surface area (Å²) in [4.78, 5) is 24.1. The summed E-state index contributed by atoms with van der Waals surface area (Å²) in [6, 6.07) is 4.53. The number of ketones is 1. The largest absolute Gasteiger partial charge is 0.302 e. The molecule has 1 heterocycles. The zero-order valence-electron chi connectivity index (χ0n) is 10.4. The number of halogens is 1. The summed E-state index contributed by atoms with van der Waals surface area (Å²) in [7, 11) is 1.94. The van der Waals surface area contributed by atoms with Gasteiger partial charge in [0.05, 0.1) is 4.92 Å². The first-order valence-corrected chi connectivity index (χ1v) is 6.21. The third kappa shape index (κ3) is 3.19. The second kappa shape index (κ2) is 5.50. The lowest BCUT2D eigenvalue weighted by molar-refractivity contribution is -0.384. The normalized spacial score (nSPS) is 18.8. The van der Waals surface area contributed by atoms with E-state index in [9.17, 15) is 14.9 Å². The van der Waals surface area contributed by atoms with E-state index in [-0.39, 0.29) is 16.5 Å². The van der Waals surface area contributed by atoms with Gasteiger partial charge in [-0.05, 0) is 24.8 Å². The number of nitrogens with zero attached hydrogens (tertiary/aromatic N) is 2. The van der Waals surface area contributed by atoms with Crippen molar-refractivity contribution in [3.05, 3.63) is 44.5 Å². The molecule has 0 unspecified atom stereocenters. The Balaban J connectivity index is 2.34. The molecule has 1 aliphatic rings. The Morgan fingerprint density at radius 1 is 1.47 bits per heavy atom. The number of likely N-dealkylation sites (tertiary alicyclic amines) is 1. The molecule has 1 fully saturated rings. The highest BCUT2D eigenvalue weighted by Crippen LogP contribution is 2.26. The maximum absolute atomic E-state index is 11.8. The van der Waals surface area contributed by atoms with E-state index in [1.165, 1.54) is 12.1 Å². The van der Waals surface area contributed by atoms with Crippen molar-refractivity contribution in [1.29, 1.82) is 0 Å². The van der Waals surface area contributed by atoms with Gasteiger partial charge in [-0.3, -0.25) is 14.9 Å². The molecular formula is C13H13ClN2O3. The van der Waals surface area contributed by atoms with Crippen LogP contribution in [0.5, 0.6) is 0 Å². The van der Waals surface area contributed by atoms with Crippen molar-refractivity contribution in [2.24, 2.45) is 0 Å². The fourth-order valence-corrected chi connectivity index (χ4v) is 2.18. The van der Waals surface area contributed by atoms with E-state index < -0.39 is 4.92 Å². The number of Topliss-reactive ketones (excluding diaryl/α,β-unsaturated/α-hetero) is 1. The Morgan fingerprint density at radius 3 is 2.89 bits per heavy atom. The van der Waals surface area contributed by atoms with Gasteiger partial charge in [0.15, 0.2) is 5.78 Å². The van der Waals surface area contributed by atoms with Gasteiger partial charge >= 0.3 is 0 Å². The number of nitro groups is 1. The summed E-state index contributed by atoms with van der Waals surface area (Å²) < 4.78 is 0. The van der Waals surface area contributed by atoms with Crippen molar-refractivity contribution >= 4 is 29.1 Å². The number of likely N-dealkylation sites (N-methyl/N-ethyl adjacent to an activating group) is 1. The van der Waals surface area contributed by atoms with Crippen LogP contribution in [0.1, 0.15) is 12.0 Å². The zero-order chi connectivity index (χ0) is 14.0. The lowest BCUT2D eigenvalue weighted by Gasteiger charge is -2.23. The minimum Gasteiger partial charge on any atom is -0.302 e. The molecule has 6 heteroatoms. The number of carbonyl (C=O) groups excluding carboxylic acids is 1. The topological polar surface area (TPSA) is 63.5 Å². The predicted octanol–water partition coefficient (Wildman–Crippen LogP) is 2.54. The lowest BCUT2D eigenvalue weighted by Crippen LogP contribution is -2.32. The monoisotopic (exact) mass is 280 g/mol. The van der Waals surface area contributed by atoms with Gasteiger partial charge in [0.25, 0.3) is 5.69 Å². The molecule has 0 bridgehead atoms. The summed E-state index contributed by atoms with van der Waals surface area (Å²) in [6.45, 7) is 1.31.